The average molecular weight is 277 g/mol. The Kier molecular flexibility index (Phi) is 4.27. The van der Waals surface area contributed by atoms with Gasteiger partial charge in [-0.2, -0.15) is 0 Å². The number of aliphatic carboxylic acids is 1. The van der Waals surface area contributed by atoms with Gasteiger partial charge in [0.1, 0.15) is 11.8 Å². The molecule has 1 fully saturated rings. The Labute approximate surface area is 118 Å². The van der Waals surface area contributed by atoms with E-state index in [1.54, 1.807) is 14.0 Å². The van der Waals surface area contributed by atoms with Crippen molar-refractivity contribution >= 4 is 11.9 Å². The Balaban J connectivity index is 2.17. The van der Waals surface area contributed by atoms with E-state index < -0.39 is 12.0 Å². The van der Waals surface area contributed by atoms with Gasteiger partial charge in [-0.1, -0.05) is 12.1 Å². The second-order valence-electron chi connectivity index (χ2n) is 5.03. The number of hydrogen-bond acceptors (Lipinski definition) is 3. The summed E-state index contributed by atoms with van der Waals surface area (Å²) in [6, 6.07) is 6.63. The normalized spacial score (nSPS) is 19.7. The molecule has 1 saturated heterocycles. The van der Waals surface area contributed by atoms with Crippen LogP contribution in [0.4, 0.5) is 0 Å². The third-order valence-electron chi connectivity index (χ3n) is 3.79. The lowest BCUT2D eigenvalue weighted by Gasteiger charge is -2.25. The van der Waals surface area contributed by atoms with Gasteiger partial charge >= 0.3 is 5.97 Å². The van der Waals surface area contributed by atoms with Gasteiger partial charge in [-0.15, -0.1) is 0 Å². The van der Waals surface area contributed by atoms with E-state index in [0.717, 1.165) is 12.0 Å². The highest BCUT2D eigenvalue weighted by Gasteiger charge is 2.36. The first-order chi connectivity index (χ1) is 9.54. The highest BCUT2D eigenvalue weighted by molar-refractivity contribution is 5.88. The van der Waals surface area contributed by atoms with E-state index in [0.29, 0.717) is 18.7 Å². The smallest absolute Gasteiger partial charge is 0.326 e. The molecule has 1 amide bonds. The van der Waals surface area contributed by atoms with Gasteiger partial charge in [0.2, 0.25) is 5.91 Å². The lowest BCUT2D eigenvalue weighted by Crippen LogP contribution is -2.42. The molecule has 0 unspecified atom stereocenters. The van der Waals surface area contributed by atoms with Crippen LogP contribution in [0.1, 0.15) is 31.2 Å². The molecule has 0 spiro atoms. The average Bonchev–Trinajstić information content (AvgIpc) is 2.95. The van der Waals surface area contributed by atoms with E-state index in [9.17, 15) is 9.59 Å². The van der Waals surface area contributed by atoms with Gasteiger partial charge in [0, 0.05) is 6.54 Å². The zero-order chi connectivity index (χ0) is 14.7. The van der Waals surface area contributed by atoms with Crippen molar-refractivity contribution in [1.82, 2.24) is 4.90 Å². The minimum atomic E-state index is -0.923. The van der Waals surface area contributed by atoms with E-state index in [4.69, 9.17) is 9.84 Å². The molecule has 0 radical (unpaired) electrons. The zero-order valence-corrected chi connectivity index (χ0v) is 11.7. The number of carboxylic acids is 1. The molecule has 0 aliphatic carbocycles. The van der Waals surface area contributed by atoms with Crippen molar-refractivity contribution < 1.29 is 19.4 Å². The van der Waals surface area contributed by atoms with E-state index >= 15 is 0 Å². The third kappa shape index (κ3) is 2.76. The number of carbonyl (C=O) groups excluding carboxylic acids is 1. The summed E-state index contributed by atoms with van der Waals surface area (Å²) >= 11 is 0. The van der Waals surface area contributed by atoms with E-state index in [2.05, 4.69) is 0 Å². The summed E-state index contributed by atoms with van der Waals surface area (Å²) in [5.41, 5.74) is 0.838. The highest BCUT2D eigenvalue weighted by Crippen LogP contribution is 2.26. The number of ether oxygens (including phenoxy) is 1. The molecule has 1 aromatic rings. The van der Waals surface area contributed by atoms with Crippen molar-refractivity contribution in [2.24, 2.45) is 0 Å². The van der Waals surface area contributed by atoms with E-state index in [-0.39, 0.29) is 11.8 Å². The Bertz CT molecular complexity index is 514. The zero-order valence-electron chi connectivity index (χ0n) is 11.7. The van der Waals surface area contributed by atoms with Gasteiger partial charge in [-0.3, -0.25) is 4.79 Å². The lowest BCUT2D eigenvalue weighted by atomic mass is 9.99. The molecular weight excluding hydrogens is 258 g/mol. The van der Waals surface area contributed by atoms with Crippen molar-refractivity contribution in [2.45, 2.75) is 31.7 Å². The van der Waals surface area contributed by atoms with Gasteiger partial charge < -0.3 is 14.7 Å². The number of carboxylic acid groups (broad SMARTS) is 1. The van der Waals surface area contributed by atoms with Gasteiger partial charge in [-0.05, 0) is 37.5 Å². The fraction of sp³-hybridized carbons (Fsp3) is 0.467. The number of likely N-dealkylation sites (tertiary alicyclic amines) is 1. The lowest BCUT2D eigenvalue weighted by molar-refractivity contribution is -0.148. The number of benzene rings is 1. The molecule has 5 nitrogen and oxygen atoms in total. The second kappa shape index (κ2) is 5.94. The summed E-state index contributed by atoms with van der Waals surface area (Å²) in [5.74, 6) is -0.736. The number of amides is 1. The molecule has 2 rings (SSSR count). The largest absolute Gasteiger partial charge is 0.497 e. The van der Waals surface area contributed by atoms with Crippen LogP contribution in [0.2, 0.25) is 0 Å². The number of methoxy groups -OCH3 is 1. The SMILES string of the molecule is COc1cccc([C@@H](C)C(=O)N2CCC[C@@H]2C(=O)O)c1. The second-order valence-corrected chi connectivity index (χ2v) is 5.03. The summed E-state index contributed by atoms with van der Waals surface area (Å²) in [6.07, 6.45) is 1.28. The summed E-state index contributed by atoms with van der Waals surface area (Å²) in [4.78, 5) is 25.1. The number of carbonyl (C=O) groups is 2. The molecular formula is C15H19NO4. The van der Waals surface area contributed by atoms with Crippen molar-refractivity contribution in [1.29, 1.82) is 0 Å². The van der Waals surface area contributed by atoms with Crippen LogP contribution in [0.5, 0.6) is 5.75 Å². The molecule has 1 N–H and O–H groups in total. The van der Waals surface area contributed by atoms with Gasteiger partial charge in [0.25, 0.3) is 0 Å². The minimum absolute atomic E-state index is 0.136. The maximum absolute atomic E-state index is 12.5. The van der Waals surface area contributed by atoms with Crippen LogP contribution in [-0.4, -0.2) is 41.6 Å². The predicted molar refractivity (Wildman–Crippen MR) is 73.8 cm³/mol. The van der Waals surface area contributed by atoms with E-state index in [1.165, 1.54) is 4.90 Å². The molecule has 0 bridgehead atoms. The third-order valence-corrected chi connectivity index (χ3v) is 3.79. The van der Waals surface area contributed by atoms with Crippen LogP contribution in [0.3, 0.4) is 0 Å². The monoisotopic (exact) mass is 277 g/mol. The maximum atomic E-state index is 12.5. The van der Waals surface area contributed by atoms with Gasteiger partial charge in [0.15, 0.2) is 0 Å². The first kappa shape index (κ1) is 14.4. The number of hydrogen-bond donors (Lipinski definition) is 1. The first-order valence-corrected chi connectivity index (χ1v) is 6.72. The number of nitrogens with zero attached hydrogens (tertiary/aromatic N) is 1. The fourth-order valence-electron chi connectivity index (χ4n) is 2.59. The van der Waals surface area contributed by atoms with Crippen LogP contribution in [0.25, 0.3) is 0 Å². The van der Waals surface area contributed by atoms with Crippen molar-refractivity contribution in [3.05, 3.63) is 29.8 Å². The molecule has 1 aromatic carbocycles. The van der Waals surface area contributed by atoms with Crippen molar-refractivity contribution in [3.8, 4) is 5.75 Å². The van der Waals surface area contributed by atoms with E-state index in [1.807, 2.05) is 24.3 Å². The van der Waals surface area contributed by atoms with Crippen LogP contribution < -0.4 is 4.74 Å². The quantitative estimate of drug-likeness (QED) is 0.912. The first-order valence-electron chi connectivity index (χ1n) is 6.72. The molecule has 2 atom stereocenters. The Morgan fingerprint density at radius 1 is 1.45 bits per heavy atom. The van der Waals surface area contributed by atoms with Crippen molar-refractivity contribution in [2.75, 3.05) is 13.7 Å². The summed E-state index contributed by atoms with van der Waals surface area (Å²) in [5, 5.41) is 9.15. The van der Waals surface area contributed by atoms with Gasteiger partial charge in [0.05, 0.1) is 13.0 Å². The summed E-state index contributed by atoms with van der Waals surface area (Å²) in [6.45, 7) is 2.32. The molecule has 1 aliphatic rings. The molecule has 1 aliphatic heterocycles. The van der Waals surface area contributed by atoms with Crippen LogP contribution in [-0.2, 0) is 9.59 Å². The summed E-state index contributed by atoms with van der Waals surface area (Å²) in [7, 11) is 1.58. The van der Waals surface area contributed by atoms with Gasteiger partial charge in [-0.25, -0.2) is 4.79 Å². The van der Waals surface area contributed by atoms with Crippen LogP contribution >= 0.6 is 0 Å². The molecule has 108 valence electrons. The molecule has 0 saturated carbocycles. The molecule has 20 heavy (non-hydrogen) atoms. The Hall–Kier alpha value is -2.04. The molecule has 5 heteroatoms. The topological polar surface area (TPSA) is 66.8 Å². The predicted octanol–water partition coefficient (Wildman–Crippen LogP) is 1.87. The Morgan fingerprint density at radius 2 is 2.20 bits per heavy atom. The Morgan fingerprint density at radius 3 is 2.85 bits per heavy atom. The fourth-order valence-corrected chi connectivity index (χ4v) is 2.59. The standard InChI is InChI=1S/C15H19NO4/c1-10(11-5-3-6-12(9-11)20-2)14(17)16-8-4-7-13(16)15(18)19/h3,5-6,9-10,13H,4,7-8H2,1-2H3,(H,18,19)/t10-,13-/m1/s1. The maximum Gasteiger partial charge on any atom is 0.326 e. The highest BCUT2D eigenvalue weighted by atomic mass is 16.5. The van der Waals surface area contributed by atoms with Crippen LogP contribution in [0, 0.1) is 0 Å². The number of rotatable bonds is 4. The summed E-state index contributed by atoms with van der Waals surface area (Å²) < 4.78 is 5.15. The van der Waals surface area contributed by atoms with Crippen molar-refractivity contribution in [3.63, 3.8) is 0 Å². The minimum Gasteiger partial charge on any atom is -0.497 e. The molecule has 1 heterocycles. The molecule has 0 aromatic heterocycles. The van der Waals surface area contributed by atoms with Crippen LogP contribution in [0.15, 0.2) is 24.3 Å².